The zero-order valence-corrected chi connectivity index (χ0v) is 19.9. The molecular weight excluding hydrogens is 494 g/mol. The third-order valence-corrected chi connectivity index (χ3v) is 7.05. The van der Waals surface area contributed by atoms with Gasteiger partial charge in [0, 0.05) is 24.1 Å². The first kappa shape index (κ1) is 26.7. The van der Waals surface area contributed by atoms with Gasteiger partial charge in [-0.2, -0.15) is 13.2 Å². The van der Waals surface area contributed by atoms with Crippen LogP contribution in [-0.2, 0) is 11.8 Å². The summed E-state index contributed by atoms with van der Waals surface area (Å²) in [4.78, 5) is 14.1. The van der Waals surface area contributed by atoms with Gasteiger partial charge in [-0.05, 0) is 43.5 Å². The minimum absolute atomic E-state index is 0.0463. The third kappa shape index (κ3) is 6.15. The van der Waals surface area contributed by atoms with Crippen molar-refractivity contribution in [1.82, 2.24) is 10.2 Å². The lowest BCUT2D eigenvalue weighted by Crippen LogP contribution is -2.55. The van der Waals surface area contributed by atoms with Crippen molar-refractivity contribution in [2.24, 2.45) is 0 Å². The summed E-state index contributed by atoms with van der Waals surface area (Å²) >= 11 is 0. The molecule has 1 aliphatic heterocycles. The lowest BCUT2D eigenvalue weighted by atomic mass is 9.72. The van der Waals surface area contributed by atoms with Gasteiger partial charge in [0.25, 0.3) is 5.91 Å². The first-order valence-electron chi connectivity index (χ1n) is 11.9. The Bertz CT molecular complexity index is 1190. The molecule has 0 saturated carbocycles. The highest BCUT2D eigenvalue weighted by atomic mass is 19.4. The summed E-state index contributed by atoms with van der Waals surface area (Å²) in [7, 11) is 0. The van der Waals surface area contributed by atoms with Crippen molar-refractivity contribution in [2.75, 3.05) is 19.6 Å². The Morgan fingerprint density at radius 3 is 1.97 bits per heavy atom. The second-order valence-corrected chi connectivity index (χ2v) is 9.36. The number of halogens is 6. The van der Waals surface area contributed by atoms with E-state index in [1.807, 2.05) is 12.1 Å². The van der Waals surface area contributed by atoms with Crippen molar-refractivity contribution in [3.05, 3.63) is 107 Å². The molecule has 196 valence electrons. The summed E-state index contributed by atoms with van der Waals surface area (Å²) in [5.74, 6) is -4.85. The molecule has 1 unspecified atom stereocenters. The smallest absolute Gasteiger partial charge is 0.351 e. The monoisotopic (exact) mass is 520 g/mol. The second-order valence-electron chi connectivity index (χ2n) is 9.36. The second kappa shape index (κ2) is 11.0. The fourth-order valence-electron chi connectivity index (χ4n) is 5.01. The average Bonchev–Trinajstić information content (AvgIpc) is 2.86. The summed E-state index contributed by atoms with van der Waals surface area (Å²) in [5, 5.41) is 2.54. The van der Waals surface area contributed by atoms with Gasteiger partial charge in [0.1, 0.15) is 29.1 Å². The number of hydrogen-bond acceptors (Lipinski definition) is 2. The summed E-state index contributed by atoms with van der Waals surface area (Å²) < 4.78 is 83.7. The van der Waals surface area contributed by atoms with E-state index >= 15 is 0 Å². The lowest BCUT2D eigenvalue weighted by molar-refractivity contribution is -0.187. The van der Waals surface area contributed by atoms with E-state index in [-0.39, 0.29) is 38.9 Å². The average molecular weight is 521 g/mol. The van der Waals surface area contributed by atoms with E-state index in [0.29, 0.717) is 17.7 Å². The number of nitrogens with zero attached hydrogens (tertiary/aromatic N) is 1. The first-order chi connectivity index (χ1) is 17.6. The van der Waals surface area contributed by atoms with Gasteiger partial charge in [-0.15, -0.1) is 0 Å². The molecule has 37 heavy (non-hydrogen) atoms. The molecule has 1 heterocycles. The number of rotatable bonds is 7. The maximum Gasteiger partial charge on any atom is 0.404 e. The highest BCUT2D eigenvalue weighted by molar-refractivity contribution is 5.94. The van der Waals surface area contributed by atoms with Crippen LogP contribution < -0.4 is 5.32 Å². The fourth-order valence-corrected chi connectivity index (χ4v) is 5.01. The maximum absolute atomic E-state index is 14.1. The quantitative estimate of drug-likeness (QED) is 0.385. The van der Waals surface area contributed by atoms with Gasteiger partial charge in [-0.3, -0.25) is 9.69 Å². The molecule has 4 rings (SSSR count). The van der Waals surface area contributed by atoms with Crippen LogP contribution in [0, 0.1) is 17.5 Å². The Labute approximate surface area is 211 Å². The number of carbonyl (C=O) groups excluding carboxylic acids is 1. The van der Waals surface area contributed by atoms with Crippen LogP contribution in [0.1, 0.15) is 34.3 Å². The topological polar surface area (TPSA) is 32.3 Å². The van der Waals surface area contributed by atoms with Gasteiger partial charge in [0.05, 0.1) is 0 Å². The van der Waals surface area contributed by atoms with Crippen LogP contribution in [0.3, 0.4) is 0 Å². The molecule has 0 aliphatic carbocycles. The minimum atomic E-state index is -4.44. The minimum Gasteiger partial charge on any atom is -0.351 e. The van der Waals surface area contributed by atoms with Gasteiger partial charge in [0.15, 0.2) is 0 Å². The van der Waals surface area contributed by atoms with Gasteiger partial charge >= 0.3 is 6.18 Å². The molecule has 1 atom stereocenters. The molecule has 0 spiro atoms. The molecule has 0 radical (unpaired) electrons. The van der Waals surface area contributed by atoms with Crippen molar-refractivity contribution >= 4 is 5.91 Å². The van der Waals surface area contributed by atoms with E-state index in [0.717, 1.165) is 5.56 Å². The Kier molecular flexibility index (Phi) is 7.92. The summed E-state index contributed by atoms with van der Waals surface area (Å²) in [6.07, 6.45) is -4.04. The number of nitrogens with one attached hydrogen (secondary N) is 1. The molecule has 3 aromatic carbocycles. The molecule has 1 saturated heterocycles. The van der Waals surface area contributed by atoms with E-state index in [9.17, 15) is 31.1 Å². The SMILES string of the molecule is O=C(NCC1(c2ccccc2)CCN(C(Cc2ccccc2)C(F)(F)F)CC1)c1c(F)cc(F)cc1F. The van der Waals surface area contributed by atoms with E-state index in [4.69, 9.17) is 0 Å². The highest BCUT2D eigenvalue weighted by Crippen LogP contribution is 2.38. The Balaban J connectivity index is 1.54. The zero-order chi connectivity index (χ0) is 26.6. The summed E-state index contributed by atoms with van der Waals surface area (Å²) in [5.41, 5.74) is -0.257. The molecule has 0 aromatic heterocycles. The van der Waals surface area contributed by atoms with Crippen LogP contribution in [0.4, 0.5) is 26.3 Å². The largest absolute Gasteiger partial charge is 0.404 e. The summed E-state index contributed by atoms with van der Waals surface area (Å²) in [6, 6.07) is 16.7. The number of carbonyl (C=O) groups is 1. The van der Waals surface area contributed by atoms with E-state index in [1.54, 1.807) is 48.5 Å². The molecule has 1 amide bonds. The molecule has 1 N–H and O–H groups in total. The van der Waals surface area contributed by atoms with Crippen LogP contribution in [0.2, 0.25) is 0 Å². The van der Waals surface area contributed by atoms with E-state index in [2.05, 4.69) is 5.32 Å². The van der Waals surface area contributed by atoms with Gasteiger partial charge < -0.3 is 5.32 Å². The van der Waals surface area contributed by atoms with Crippen molar-refractivity contribution in [2.45, 2.75) is 36.9 Å². The summed E-state index contributed by atoms with van der Waals surface area (Å²) in [6.45, 7) is 0.178. The van der Waals surface area contributed by atoms with Gasteiger partial charge in [0.2, 0.25) is 0 Å². The number of amides is 1. The van der Waals surface area contributed by atoms with Crippen LogP contribution in [0.15, 0.2) is 72.8 Å². The van der Waals surface area contributed by atoms with E-state index in [1.165, 1.54) is 4.90 Å². The van der Waals surface area contributed by atoms with Gasteiger partial charge in [-0.25, -0.2) is 13.2 Å². The fraction of sp³-hybridized carbons (Fsp3) is 0.321. The van der Waals surface area contributed by atoms with Crippen LogP contribution >= 0.6 is 0 Å². The molecule has 3 aromatic rings. The molecule has 1 fully saturated rings. The predicted octanol–water partition coefficient (Wildman–Crippen LogP) is 6.04. The molecule has 0 bridgehead atoms. The standard InChI is InChI=1S/C28H26F6N2O/c29-21-16-22(30)25(23(31)17-21)26(37)35-18-27(20-9-5-2-6-10-20)11-13-36(14-12-27)24(28(32,33)34)15-19-7-3-1-4-8-19/h1-10,16-17,24H,11-15,18H2,(H,35,37). The zero-order valence-electron chi connectivity index (χ0n) is 19.9. The molecular formula is C28H26F6N2O. The Morgan fingerprint density at radius 2 is 1.43 bits per heavy atom. The van der Waals surface area contributed by atoms with Crippen molar-refractivity contribution in [1.29, 1.82) is 0 Å². The van der Waals surface area contributed by atoms with Crippen LogP contribution in [0.25, 0.3) is 0 Å². The van der Waals surface area contributed by atoms with Crippen molar-refractivity contribution in [3.8, 4) is 0 Å². The Morgan fingerprint density at radius 1 is 0.892 bits per heavy atom. The van der Waals surface area contributed by atoms with E-state index < -0.39 is 46.6 Å². The van der Waals surface area contributed by atoms with Crippen LogP contribution in [-0.4, -0.2) is 42.7 Å². The molecule has 3 nitrogen and oxygen atoms in total. The van der Waals surface area contributed by atoms with Crippen LogP contribution in [0.5, 0.6) is 0 Å². The highest BCUT2D eigenvalue weighted by Gasteiger charge is 2.47. The number of piperidine rings is 1. The third-order valence-electron chi connectivity index (χ3n) is 7.05. The van der Waals surface area contributed by atoms with Crippen molar-refractivity contribution < 1.29 is 31.1 Å². The molecule has 1 aliphatic rings. The predicted molar refractivity (Wildman–Crippen MR) is 128 cm³/mol. The maximum atomic E-state index is 14.1. The van der Waals surface area contributed by atoms with Crippen molar-refractivity contribution in [3.63, 3.8) is 0 Å². The Hall–Kier alpha value is -3.33. The molecule has 9 heteroatoms. The number of benzene rings is 3. The normalized spacial score (nSPS) is 16.8. The number of likely N-dealkylation sites (tertiary alicyclic amines) is 1. The lowest BCUT2D eigenvalue weighted by Gasteiger charge is -2.45. The number of alkyl halides is 3. The number of hydrogen-bond donors (Lipinski definition) is 1. The van der Waals surface area contributed by atoms with Gasteiger partial charge in [-0.1, -0.05) is 60.7 Å². The first-order valence-corrected chi connectivity index (χ1v) is 11.9.